The molecular formula is C23H24N4O2. The topological polar surface area (TPSA) is 67.2 Å². The van der Waals surface area contributed by atoms with Gasteiger partial charge >= 0.3 is 0 Å². The molecule has 4 rings (SSSR count). The number of nitrogens with zero attached hydrogens (tertiary/aromatic N) is 3. The molecular weight excluding hydrogens is 364 g/mol. The van der Waals surface area contributed by atoms with E-state index < -0.39 is 5.91 Å². The van der Waals surface area contributed by atoms with E-state index in [4.69, 9.17) is 4.98 Å². The predicted molar refractivity (Wildman–Crippen MR) is 118 cm³/mol. The number of carbonyl (C=O) groups excluding carboxylic acids is 1. The number of rotatable bonds is 4. The second kappa shape index (κ2) is 7.20. The van der Waals surface area contributed by atoms with E-state index in [1.807, 2.05) is 42.8 Å². The minimum atomic E-state index is -0.393. The van der Waals surface area contributed by atoms with Crippen LogP contribution in [-0.2, 0) is 6.54 Å². The van der Waals surface area contributed by atoms with Gasteiger partial charge in [0.25, 0.3) is 5.91 Å². The lowest BCUT2D eigenvalue weighted by Crippen LogP contribution is -2.29. The number of anilines is 1. The molecule has 2 aromatic rings. The minimum Gasteiger partial charge on any atom is -0.375 e. The maximum Gasteiger partial charge on any atom is 0.257 e. The highest BCUT2D eigenvalue weighted by Gasteiger charge is 2.26. The molecule has 1 aliphatic heterocycles. The molecule has 29 heavy (non-hydrogen) atoms. The second-order valence-corrected chi connectivity index (χ2v) is 7.07. The molecule has 0 radical (unpaired) electrons. The van der Waals surface area contributed by atoms with E-state index in [9.17, 15) is 9.59 Å². The fourth-order valence-electron chi connectivity index (χ4n) is 3.90. The van der Waals surface area contributed by atoms with Crippen LogP contribution in [0.5, 0.6) is 0 Å². The van der Waals surface area contributed by atoms with Gasteiger partial charge < -0.3 is 14.8 Å². The summed E-state index contributed by atoms with van der Waals surface area (Å²) in [6.45, 7) is 5.59. The summed E-state index contributed by atoms with van der Waals surface area (Å²) in [6.07, 6.45) is 0. The number of hydrogen-bond acceptors (Lipinski definition) is 4. The number of hydrogen-bond donors (Lipinski definition) is 1. The van der Waals surface area contributed by atoms with Crippen LogP contribution in [-0.4, -0.2) is 36.1 Å². The van der Waals surface area contributed by atoms with Crippen molar-refractivity contribution in [2.75, 3.05) is 25.5 Å². The summed E-state index contributed by atoms with van der Waals surface area (Å²) in [5.41, 5.74) is 3.93. The molecule has 2 aromatic carbocycles. The van der Waals surface area contributed by atoms with Gasteiger partial charge in [0.2, 0.25) is 5.43 Å². The Bertz CT molecular complexity index is 1280. The molecule has 0 atom stereocenters. The lowest BCUT2D eigenvalue weighted by atomic mass is 9.97. The largest absolute Gasteiger partial charge is 0.375 e. The van der Waals surface area contributed by atoms with Crippen molar-refractivity contribution in [3.05, 3.63) is 58.3 Å². The third kappa shape index (κ3) is 2.83. The molecule has 148 valence electrons. The fraction of sp³-hybridized carbons (Fsp3) is 0.261. The van der Waals surface area contributed by atoms with Crippen molar-refractivity contribution in [2.45, 2.75) is 20.4 Å². The van der Waals surface area contributed by atoms with Crippen molar-refractivity contribution in [1.82, 2.24) is 14.9 Å². The van der Waals surface area contributed by atoms with E-state index in [-0.39, 0.29) is 11.0 Å². The minimum absolute atomic E-state index is 0.145. The van der Waals surface area contributed by atoms with E-state index >= 15 is 0 Å². The van der Waals surface area contributed by atoms with Crippen molar-refractivity contribution in [1.29, 1.82) is 0 Å². The molecule has 0 bridgehead atoms. The molecule has 1 amide bonds. The standard InChI is InChI=1S/C23H24N4O2/c1-5-26(4)14-11-12-17-18(13-14)27(6-2)21-19(23(29)24-3)22(28)16-10-8-7-9-15(16)20(21)25-17/h7-13H,5-6H2,1-4H3,(H,24,29). The zero-order valence-corrected chi connectivity index (χ0v) is 17.1. The Hall–Kier alpha value is -3.41. The van der Waals surface area contributed by atoms with Crippen molar-refractivity contribution < 1.29 is 4.79 Å². The maximum absolute atomic E-state index is 13.3. The fourth-order valence-corrected chi connectivity index (χ4v) is 3.90. The van der Waals surface area contributed by atoms with Crippen LogP contribution in [0.3, 0.4) is 0 Å². The first-order chi connectivity index (χ1) is 14.0. The molecule has 1 aliphatic carbocycles. The normalized spacial score (nSPS) is 11.3. The molecule has 6 heteroatoms. The summed E-state index contributed by atoms with van der Waals surface area (Å²) < 4.78 is 2.03. The van der Waals surface area contributed by atoms with Gasteiger partial charge in [0.05, 0.1) is 22.4 Å². The Kier molecular flexibility index (Phi) is 4.70. The summed E-state index contributed by atoms with van der Waals surface area (Å²) in [7, 11) is 3.58. The van der Waals surface area contributed by atoms with Crippen LogP contribution < -0.4 is 15.6 Å². The maximum atomic E-state index is 13.3. The number of carbonyl (C=O) groups is 1. The molecule has 1 heterocycles. The molecule has 1 N–H and O–H groups in total. The van der Waals surface area contributed by atoms with Crippen molar-refractivity contribution in [3.8, 4) is 11.4 Å². The molecule has 0 spiro atoms. The number of amides is 1. The van der Waals surface area contributed by atoms with Crippen LogP contribution in [0, 0.1) is 0 Å². The Balaban J connectivity index is 2.25. The van der Waals surface area contributed by atoms with Gasteiger partial charge in [-0.15, -0.1) is 0 Å². The van der Waals surface area contributed by atoms with Gasteiger partial charge in [-0.3, -0.25) is 9.59 Å². The summed E-state index contributed by atoms with van der Waals surface area (Å²) in [4.78, 5) is 33.1. The van der Waals surface area contributed by atoms with E-state index in [2.05, 4.69) is 29.3 Å². The van der Waals surface area contributed by atoms with Crippen molar-refractivity contribution in [2.24, 2.45) is 0 Å². The lowest BCUT2D eigenvalue weighted by Gasteiger charge is -2.23. The number of nitrogens with one attached hydrogen (secondary N) is 1. The SMILES string of the molecule is CCN(C)c1ccc2nc3c4ccccc4c(=O)c(C(=O)NC)c-3n(CC)c2c1. The highest BCUT2D eigenvalue weighted by molar-refractivity contribution is 6.09. The third-order valence-electron chi connectivity index (χ3n) is 5.55. The smallest absolute Gasteiger partial charge is 0.257 e. The highest BCUT2D eigenvalue weighted by Crippen LogP contribution is 2.34. The lowest BCUT2D eigenvalue weighted by molar-refractivity contribution is 0.0962. The third-order valence-corrected chi connectivity index (χ3v) is 5.55. The molecule has 6 nitrogen and oxygen atoms in total. The first-order valence-corrected chi connectivity index (χ1v) is 9.84. The Morgan fingerprint density at radius 2 is 1.86 bits per heavy atom. The number of aromatic nitrogens is 2. The van der Waals surface area contributed by atoms with E-state index in [1.165, 1.54) is 0 Å². The molecule has 0 unspecified atom stereocenters. The number of fused-ring (bicyclic) bond motifs is 4. The summed E-state index contributed by atoms with van der Waals surface area (Å²) >= 11 is 0. The quantitative estimate of drug-likeness (QED) is 0.429. The average molecular weight is 388 g/mol. The van der Waals surface area contributed by atoms with E-state index in [1.54, 1.807) is 13.1 Å². The highest BCUT2D eigenvalue weighted by atomic mass is 16.2. The van der Waals surface area contributed by atoms with Crippen LogP contribution >= 0.6 is 0 Å². The molecule has 0 fully saturated rings. The van der Waals surface area contributed by atoms with Gasteiger partial charge in [-0.25, -0.2) is 4.98 Å². The number of aryl methyl sites for hydroxylation is 1. The van der Waals surface area contributed by atoms with Gasteiger partial charge in [-0.05, 0) is 32.0 Å². The zero-order chi connectivity index (χ0) is 20.7. The van der Waals surface area contributed by atoms with Crippen LogP contribution in [0.2, 0.25) is 0 Å². The Labute approximate surface area is 169 Å². The van der Waals surface area contributed by atoms with Gasteiger partial charge in [0, 0.05) is 43.6 Å². The number of benzene rings is 3. The Morgan fingerprint density at radius 3 is 2.52 bits per heavy atom. The first-order valence-electron chi connectivity index (χ1n) is 9.84. The van der Waals surface area contributed by atoms with Crippen molar-refractivity contribution >= 4 is 33.4 Å². The summed E-state index contributed by atoms with van der Waals surface area (Å²) in [6, 6.07) is 13.5. The van der Waals surface area contributed by atoms with Crippen LogP contribution in [0.4, 0.5) is 5.69 Å². The molecule has 0 saturated heterocycles. The molecule has 2 aliphatic rings. The molecule has 0 aromatic heterocycles. The van der Waals surface area contributed by atoms with Crippen molar-refractivity contribution in [3.63, 3.8) is 0 Å². The first kappa shape index (κ1) is 18.9. The monoisotopic (exact) mass is 388 g/mol. The summed E-state index contributed by atoms with van der Waals surface area (Å²) in [5, 5.41) is 3.90. The zero-order valence-electron chi connectivity index (χ0n) is 17.1. The average Bonchev–Trinajstić information content (AvgIpc) is 2.76. The van der Waals surface area contributed by atoms with Crippen LogP contribution in [0.15, 0.2) is 47.3 Å². The van der Waals surface area contributed by atoms with E-state index in [0.29, 0.717) is 23.3 Å². The van der Waals surface area contributed by atoms with Crippen LogP contribution in [0.25, 0.3) is 33.2 Å². The predicted octanol–water partition coefficient (Wildman–Crippen LogP) is 3.49. The van der Waals surface area contributed by atoms with E-state index in [0.717, 1.165) is 28.7 Å². The van der Waals surface area contributed by atoms with Gasteiger partial charge in [-0.2, -0.15) is 0 Å². The van der Waals surface area contributed by atoms with Gasteiger partial charge in [0.1, 0.15) is 5.56 Å². The Morgan fingerprint density at radius 1 is 1.14 bits per heavy atom. The molecule has 0 saturated carbocycles. The summed E-state index contributed by atoms with van der Waals surface area (Å²) in [5.74, 6) is -0.393. The van der Waals surface area contributed by atoms with Gasteiger partial charge in [-0.1, -0.05) is 24.3 Å². The van der Waals surface area contributed by atoms with Crippen LogP contribution in [0.1, 0.15) is 24.2 Å². The second-order valence-electron chi connectivity index (χ2n) is 7.07. The van der Waals surface area contributed by atoms with Gasteiger partial charge in [0.15, 0.2) is 0 Å².